The molecule has 2 amide bonds. The molecule has 2 fully saturated rings. The van der Waals surface area contributed by atoms with Gasteiger partial charge in [-0.1, -0.05) is 6.08 Å². The minimum Gasteiger partial charge on any atom is -0.379 e. The van der Waals surface area contributed by atoms with E-state index in [1.54, 1.807) is 12.3 Å². The van der Waals surface area contributed by atoms with E-state index in [1.807, 2.05) is 22.4 Å². The third-order valence-electron chi connectivity index (χ3n) is 6.04. The van der Waals surface area contributed by atoms with Crippen LogP contribution in [-0.4, -0.2) is 89.8 Å². The van der Waals surface area contributed by atoms with Gasteiger partial charge in [-0.15, -0.1) is 29.7 Å². The molecule has 2 aliphatic rings. The van der Waals surface area contributed by atoms with E-state index < -0.39 is 0 Å². The van der Waals surface area contributed by atoms with E-state index in [4.69, 9.17) is 4.74 Å². The van der Waals surface area contributed by atoms with Crippen molar-refractivity contribution in [3.8, 4) is 0 Å². The lowest BCUT2D eigenvalue weighted by Crippen LogP contribution is -2.41. The Bertz CT molecular complexity index is 984. The van der Waals surface area contributed by atoms with Crippen LogP contribution in [0, 0.1) is 0 Å². The van der Waals surface area contributed by atoms with Crippen LogP contribution in [0.3, 0.4) is 0 Å². The van der Waals surface area contributed by atoms with Crippen molar-refractivity contribution in [2.75, 3.05) is 58.2 Å². The summed E-state index contributed by atoms with van der Waals surface area (Å²) in [5.41, 5.74) is 1.14. The molecule has 2 aromatic rings. The molecule has 1 N–H and O–H groups in total. The molecule has 10 heteroatoms. The van der Waals surface area contributed by atoms with Gasteiger partial charge in [-0.05, 0) is 25.0 Å². The van der Waals surface area contributed by atoms with Crippen LogP contribution in [0.2, 0.25) is 0 Å². The van der Waals surface area contributed by atoms with Crippen LogP contribution in [0.15, 0.2) is 41.4 Å². The maximum atomic E-state index is 13.1. The van der Waals surface area contributed by atoms with Gasteiger partial charge in [-0.2, -0.15) is 0 Å². The number of rotatable bonds is 9. The van der Waals surface area contributed by atoms with Gasteiger partial charge < -0.3 is 15.0 Å². The van der Waals surface area contributed by atoms with Crippen molar-refractivity contribution in [2.45, 2.75) is 23.8 Å². The van der Waals surface area contributed by atoms with Crippen LogP contribution >= 0.6 is 23.1 Å². The summed E-state index contributed by atoms with van der Waals surface area (Å²) in [6, 6.07) is 3.65. The molecule has 2 aliphatic heterocycles. The fourth-order valence-electron chi connectivity index (χ4n) is 4.13. The van der Waals surface area contributed by atoms with Crippen LogP contribution in [-0.2, 0) is 4.74 Å². The zero-order valence-electron chi connectivity index (χ0n) is 19.3. The van der Waals surface area contributed by atoms with Gasteiger partial charge in [0, 0.05) is 62.5 Å². The topological polar surface area (TPSA) is 87.7 Å². The number of nitrogens with one attached hydrogen (secondary N) is 1. The lowest BCUT2D eigenvalue weighted by atomic mass is 9.97. The molecule has 0 radical (unpaired) electrons. The summed E-state index contributed by atoms with van der Waals surface area (Å²) in [4.78, 5) is 38.8. The molecule has 0 saturated carbocycles. The van der Waals surface area contributed by atoms with E-state index in [0.29, 0.717) is 36.6 Å². The van der Waals surface area contributed by atoms with Gasteiger partial charge in [0.2, 0.25) is 0 Å². The van der Waals surface area contributed by atoms with Gasteiger partial charge in [-0.3, -0.25) is 14.5 Å². The highest BCUT2D eigenvalue weighted by molar-refractivity contribution is 7.99. The van der Waals surface area contributed by atoms with Gasteiger partial charge in [-0.25, -0.2) is 9.97 Å². The Hall–Kier alpha value is -2.27. The van der Waals surface area contributed by atoms with Crippen molar-refractivity contribution >= 4 is 34.9 Å². The van der Waals surface area contributed by atoms with E-state index >= 15 is 0 Å². The number of ether oxygens (including phenoxy) is 1. The molecule has 8 nitrogen and oxygen atoms in total. The predicted octanol–water partition coefficient (Wildman–Crippen LogP) is 2.90. The van der Waals surface area contributed by atoms with Gasteiger partial charge in [0.1, 0.15) is 10.7 Å². The van der Waals surface area contributed by atoms with E-state index in [9.17, 15) is 9.59 Å². The molecular formula is C24H31N5O3S2. The summed E-state index contributed by atoms with van der Waals surface area (Å²) in [7, 11) is 0. The van der Waals surface area contributed by atoms with Gasteiger partial charge in [0.05, 0.1) is 23.8 Å². The summed E-state index contributed by atoms with van der Waals surface area (Å²) in [5.74, 6) is 0.890. The maximum Gasteiger partial charge on any atom is 0.270 e. The second-order valence-corrected chi connectivity index (χ2v) is 10.2. The number of morpholine rings is 1. The first kappa shape index (κ1) is 24.8. The highest BCUT2D eigenvalue weighted by Gasteiger charge is 2.28. The predicted molar refractivity (Wildman–Crippen MR) is 135 cm³/mol. The summed E-state index contributed by atoms with van der Waals surface area (Å²) in [6.07, 6.45) is 5.21. The van der Waals surface area contributed by atoms with Gasteiger partial charge >= 0.3 is 0 Å². The van der Waals surface area contributed by atoms with Crippen molar-refractivity contribution in [1.29, 1.82) is 0 Å². The first-order chi connectivity index (χ1) is 16.7. The van der Waals surface area contributed by atoms with Crippen molar-refractivity contribution in [1.82, 2.24) is 25.1 Å². The quantitative estimate of drug-likeness (QED) is 0.418. The third kappa shape index (κ3) is 6.44. The number of thiazole rings is 1. The second kappa shape index (κ2) is 12.4. The molecule has 0 atom stereocenters. The Balaban J connectivity index is 1.26. The molecular weight excluding hydrogens is 470 g/mol. The zero-order chi connectivity index (χ0) is 23.8. The summed E-state index contributed by atoms with van der Waals surface area (Å²) in [5, 5.41) is 6.55. The van der Waals surface area contributed by atoms with E-state index in [-0.39, 0.29) is 17.7 Å². The van der Waals surface area contributed by atoms with Crippen molar-refractivity contribution < 1.29 is 14.3 Å². The number of piperidine rings is 1. The molecule has 4 rings (SSSR count). The second-order valence-electron chi connectivity index (χ2n) is 8.30. The number of amides is 2. The van der Waals surface area contributed by atoms with Crippen LogP contribution < -0.4 is 5.32 Å². The summed E-state index contributed by atoms with van der Waals surface area (Å²) in [6.45, 7) is 9.85. The lowest BCUT2D eigenvalue weighted by Gasteiger charge is -2.31. The molecule has 0 spiro atoms. The number of hydrogen-bond acceptors (Lipinski definition) is 8. The Kier molecular flexibility index (Phi) is 9.09. The highest BCUT2D eigenvalue weighted by atomic mass is 32.2. The van der Waals surface area contributed by atoms with E-state index in [2.05, 4.69) is 26.8 Å². The Labute approximate surface area is 208 Å². The first-order valence-electron chi connectivity index (χ1n) is 11.7. The number of thioether (sulfide) groups is 1. The molecule has 2 aromatic heterocycles. The number of carbonyl (C=O) groups excluding carboxylic acids is 2. The average molecular weight is 502 g/mol. The minimum absolute atomic E-state index is 0.0255. The number of likely N-dealkylation sites (tertiary alicyclic amines) is 1. The molecule has 2 saturated heterocycles. The standard InChI is InChI=1S/C24H31N5O3S2/c1-2-16-33-23-19(4-3-7-26-23)24(31)29-9-5-18(6-10-29)22-27-20(17-34-22)21(30)25-8-11-28-12-14-32-15-13-28/h2-4,7,17-18H,1,5-6,8-16H2,(H,25,30). The molecule has 4 heterocycles. The fraction of sp³-hybridized carbons (Fsp3) is 0.500. The summed E-state index contributed by atoms with van der Waals surface area (Å²) < 4.78 is 5.35. The highest BCUT2D eigenvalue weighted by Crippen LogP contribution is 2.31. The Morgan fingerprint density at radius 3 is 2.82 bits per heavy atom. The largest absolute Gasteiger partial charge is 0.379 e. The fourth-order valence-corrected chi connectivity index (χ4v) is 5.82. The molecule has 0 unspecified atom stereocenters. The zero-order valence-corrected chi connectivity index (χ0v) is 20.9. The average Bonchev–Trinajstić information content (AvgIpc) is 3.38. The van der Waals surface area contributed by atoms with Crippen LogP contribution in [0.4, 0.5) is 0 Å². The van der Waals surface area contributed by atoms with Crippen LogP contribution in [0.1, 0.15) is 44.6 Å². The van der Waals surface area contributed by atoms with Crippen molar-refractivity contribution in [3.63, 3.8) is 0 Å². The van der Waals surface area contributed by atoms with Crippen LogP contribution in [0.5, 0.6) is 0 Å². The van der Waals surface area contributed by atoms with Gasteiger partial charge in [0.15, 0.2) is 0 Å². The Morgan fingerprint density at radius 1 is 1.26 bits per heavy atom. The first-order valence-corrected chi connectivity index (χ1v) is 13.5. The number of nitrogens with zero attached hydrogens (tertiary/aromatic N) is 4. The smallest absolute Gasteiger partial charge is 0.270 e. The Morgan fingerprint density at radius 2 is 2.06 bits per heavy atom. The van der Waals surface area contributed by atoms with E-state index in [0.717, 1.165) is 55.7 Å². The SMILES string of the molecule is C=CCSc1ncccc1C(=O)N1CCC(c2nc(C(=O)NCCN3CCOCC3)cs2)CC1. The summed E-state index contributed by atoms with van der Waals surface area (Å²) >= 11 is 3.06. The molecule has 0 bridgehead atoms. The number of carbonyl (C=O) groups is 2. The lowest BCUT2D eigenvalue weighted by molar-refractivity contribution is 0.0383. The normalized spacial score (nSPS) is 17.5. The third-order valence-corrected chi connectivity index (χ3v) is 8.05. The monoisotopic (exact) mass is 501 g/mol. The molecule has 182 valence electrons. The molecule has 34 heavy (non-hydrogen) atoms. The van der Waals surface area contributed by atoms with Crippen molar-refractivity contribution in [2.24, 2.45) is 0 Å². The number of hydrogen-bond donors (Lipinski definition) is 1. The molecule has 0 aromatic carbocycles. The van der Waals surface area contributed by atoms with Crippen LogP contribution in [0.25, 0.3) is 0 Å². The maximum absolute atomic E-state index is 13.1. The molecule has 0 aliphatic carbocycles. The van der Waals surface area contributed by atoms with E-state index in [1.165, 1.54) is 23.1 Å². The van der Waals surface area contributed by atoms with Gasteiger partial charge in [0.25, 0.3) is 11.8 Å². The minimum atomic E-state index is -0.121. The number of pyridine rings is 1. The van der Waals surface area contributed by atoms with Crippen molar-refractivity contribution in [3.05, 3.63) is 52.6 Å². The number of aromatic nitrogens is 2.